The highest BCUT2D eigenvalue weighted by molar-refractivity contribution is 7.93. The third-order valence-corrected chi connectivity index (χ3v) is 8.86. The molecule has 41 heavy (non-hydrogen) atoms. The summed E-state index contributed by atoms with van der Waals surface area (Å²) in [6, 6.07) is 17.0. The maximum atomic E-state index is 14.2. The van der Waals surface area contributed by atoms with Crippen molar-refractivity contribution in [1.29, 1.82) is 0 Å². The van der Waals surface area contributed by atoms with Gasteiger partial charge in [0.1, 0.15) is 40.0 Å². The monoisotopic (exact) mass is 583 g/mol. The number of ether oxygens (including phenoxy) is 4. The smallest absolute Gasteiger partial charge is 0.246 e. The zero-order valence-electron chi connectivity index (χ0n) is 23.7. The molecule has 12 nitrogen and oxygen atoms in total. The molecule has 4 aromatic rings. The van der Waals surface area contributed by atoms with Crippen molar-refractivity contribution in [3.8, 4) is 40.3 Å². The van der Waals surface area contributed by atoms with Crippen molar-refractivity contribution in [2.45, 2.75) is 25.2 Å². The lowest BCUT2D eigenvalue weighted by Gasteiger charge is -2.29. The highest BCUT2D eigenvalue weighted by Crippen LogP contribution is 2.40. The van der Waals surface area contributed by atoms with Crippen molar-refractivity contribution in [3.05, 3.63) is 66.2 Å². The molecule has 218 valence electrons. The average molecular weight is 584 g/mol. The second kappa shape index (κ2) is 12.4. The first-order valence-corrected chi connectivity index (χ1v) is 14.2. The van der Waals surface area contributed by atoms with Crippen molar-refractivity contribution < 1.29 is 32.5 Å². The minimum Gasteiger partial charge on any atom is -0.496 e. The summed E-state index contributed by atoms with van der Waals surface area (Å²) >= 11 is 0. The van der Waals surface area contributed by atoms with Gasteiger partial charge in [-0.25, -0.2) is 17.7 Å². The highest BCUT2D eigenvalue weighted by atomic mass is 32.2. The molecule has 0 saturated heterocycles. The van der Waals surface area contributed by atoms with Crippen LogP contribution < -0.4 is 23.3 Å². The van der Waals surface area contributed by atoms with Crippen LogP contribution in [0.1, 0.15) is 25.5 Å². The van der Waals surface area contributed by atoms with E-state index in [2.05, 4.69) is 15.2 Å². The molecule has 2 atom stereocenters. The van der Waals surface area contributed by atoms with Crippen LogP contribution in [0, 0.1) is 0 Å². The van der Waals surface area contributed by atoms with Gasteiger partial charge in [0.2, 0.25) is 21.9 Å². The average Bonchev–Trinajstić information content (AvgIpc) is 3.43. The van der Waals surface area contributed by atoms with E-state index in [9.17, 15) is 13.5 Å². The summed E-state index contributed by atoms with van der Waals surface area (Å²) in [6.07, 6.45) is -1.40. The standard InChI is InChI=1S/C28H33N5O7S/c1-7-32(41(35,36)18(2)26(34)19-12-8-9-14-21(19)37-3)28-31-30-27(20-13-10-17-24(29-20)40-6)33(28)25-22(38-4)15-11-16-23(25)39-5/h8-18,26,34H,7H2,1-6H3/t18-,26+/m1/s1. The number of nitrogens with zero attached hydrogens (tertiary/aromatic N) is 5. The molecule has 0 aliphatic rings. The Morgan fingerprint density at radius 1 is 0.854 bits per heavy atom. The van der Waals surface area contributed by atoms with E-state index in [0.29, 0.717) is 40.1 Å². The van der Waals surface area contributed by atoms with E-state index in [1.807, 2.05) is 0 Å². The Morgan fingerprint density at radius 3 is 2.07 bits per heavy atom. The van der Waals surface area contributed by atoms with Crippen LogP contribution in [0.5, 0.6) is 23.1 Å². The first-order chi connectivity index (χ1) is 19.7. The van der Waals surface area contributed by atoms with Crippen LogP contribution in [0.25, 0.3) is 17.2 Å². The van der Waals surface area contributed by atoms with Crippen LogP contribution in [0.4, 0.5) is 5.95 Å². The summed E-state index contributed by atoms with van der Waals surface area (Å²) in [5.41, 5.74) is 1.08. The summed E-state index contributed by atoms with van der Waals surface area (Å²) in [7, 11) is 1.68. The highest BCUT2D eigenvalue weighted by Gasteiger charge is 2.39. The number of aliphatic hydroxyl groups excluding tert-OH is 1. The first-order valence-electron chi connectivity index (χ1n) is 12.7. The van der Waals surface area contributed by atoms with E-state index < -0.39 is 21.4 Å². The van der Waals surface area contributed by atoms with Crippen LogP contribution in [0.15, 0.2) is 60.7 Å². The molecule has 2 aromatic heterocycles. The van der Waals surface area contributed by atoms with Gasteiger partial charge >= 0.3 is 0 Å². The number of rotatable bonds is 12. The van der Waals surface area contributed by atoms with Crippen LogP contribution in [-0.2, 0) is 10.0 Å². The lowest BCUT2D eigenvalue weighted by Crippen LogP contribution is -2.41. The number of aromatic nitrogens is 4. The Balaban J connectivity index is 1.94. The number of methoxy groups -OCH3 is 4. The van der Waals surface area contributed by atoms with Crippen molar-refractivity contribution >= 4 is 16.0 Å². The Labute approximate surface area is 239 Å². The second-order valence-corrected chi connectivity index (χ2v) is 11.1. The summed E-state index contributed by atoms with van der Waals surface area (Å²) < 4.78 is 52.9. The summed E-state index contributed by atoms with van der Waals surface area (Å²) in [5, 5.41) is 18.6. The maximum Gasteiger partial charge on any atom is 0.246 e. The third-order valence-electron chi connectivity index (χ3n) is 6.62. The molecule has 0 saturated carbocycles. The topological polar surface area (TPSA) is 138 Å². The summed E-state index contributed by atoms with van der Waals surface area (Å²) in [6.45, 7) is 3.08. The fourth-order valence-corrected chi connectivity index (χ4v) is 6.06. The van der Waals surface area contributed by atoms with Crippen LogP contribution in [0.3, 0.4) is 0 Å². The lowest BCUT2D eigenvalue weighted by molar-refractivity contribution is 0.171. The fraction of sp³-hybridized carbons (Fsp3) is 0.321. The number of aliphatic hydroxyl groups is 1. The number of sulfonamides is 1. The largest absolute Gasteiger partial charge is 0.496 e. The lowest BCUT2D eigenvalue weighted by atomic mass is 10.1. The third kappa shape index (κ3) is 5.50. The van der Waals surface area contributed by atoms with Gasteiger partial charge < -0.3 is 24.1 Å². The van der Waals surface area contributed by atoms with E-state index in [0.717, 1.165) is 4.31 Å². The predicted molar refractivity (Wildman–Crippen MR) is 154 cm³/mol. The van der Waals surface area contributed by atoms with E-state index in [-0.39, 0.29) is 18.3 Å². The number of anilines is 1. The molecule has 0 amide bonds. The Morgan fingerprint density at radius 2 is 1.46 bits per heavy atom. The van der Waals surface area contributed by atoms with E-state index in [1.165, 1.54) is 39.9 Å². The van der Waals surface area contributed by atoms with Gasteiger partial charge in [0.15, 0.2) is 5.82 Å². The molecule has 2 aromatic carbocycles. The molecule has 4 rings (SSSR count). The van der Waals surface area contributed by atoms with Gasteiger partial charge in [-0.05, 0) is 38.1 Å². The zero-order chi connectivity index (χ0) is 29.7. The van der Waals surface area contributed by atoms with E-state index >= 15 is 0 Å². The van der Waals surface area contributed by atoms with Gasteiger partial charge in [-0.2, -0.15) is 0 Å². The Bertz CT molecular complexity index is 1590. The van der Waals surface area contributed by atoms with Gasteiger partial charge in [0.05, 0.1) is 28.4 Å². The van der Waals surface area contributed by atoms with Crippen LogP contribution >= 0.6 is 0 Å². The van der Waals surface area contributed by atoms with E-state index in [4.69, 9.17) is 18.9 Å². The van der Waals surface area contributed by atoms with Crippen molar-refractivity contribution in [2.24, 2.45) is 0 Å². The van der Waals surface area contributed by atoms with Crippen molar-refractivity contribution in [1.82, 2.24) is 19.7 Å². The molecule has 1 N–H and O–H groups in total. The molecule has 0 bridgehead atoms. The van der Waals surface area contributed by atoms with Crippen molar-refractivity contribution in [2.75, 3.05) is 39.3 Å². The van der Waals surface area contributed by atoms with Gasteiger partial charge in [-0.1, -0.05) is 30.3 Å². The maximum absolute atomic E-state index is 14.2. The summed E-state index contributed by atoms with van der Waals surface area (Å²) in [5.74, 6) is 1.63. The number of pyridine rings is 1. The molecule has 0 unspecified atom stereocenters. The Kier molecular flexibility index (Phi) is 8.98. The van der Waals surface area contributed by atoms with E-state index in [1.54, 1.807) is 67.6 Å². The minimum absolute atomic E-state index is 0.0214. The zero-order valence-corrected chi connectivity index (χ0v) is 24.5. The van der Waals surface area contributed by atoms with Crippen molar-refractivity contribution in [3.63, 3.8) is 0 Å². The van der Waals surface area contributed by atoms with Gasteiger partial charge in [-0.3, -0.25) is 4.57 Å². The number of benzene rings is 2. The molecule has 0 aliphatic heterocycles. The second-order valence-electron chi connectivity index (χ2n) is 8.84. The number of para-hydroxylation sites is 2. The molecule has 2 heterocycles. The summed E-state index contributed by atoms with van der Waals surface area (Å²) in [4.78, 5) is 4.49. The molecule has 0 radical (unpaired) electrons. The molecular weight excluding hydrogens is 550 g/mol. The molecule has 0 aliphatic carbocycles. The molecule has 0 spiro atoms. The van der Waals surface area contributed by atoms with Crippen LogP contribution in [-0.4, -0.2) is 73.5 Å². The number of hydrogen-bond donors (Lipinski definition) is 1. The molecular formula is C28H33N5O7S. The fourth-order valence-electron chi connectivity index (χ4n) is 4.48. The first kappa shape index (κ1) is 29.6. The quantitative estimate of drug-likeness (QED) is 0.263. The number of hydrogen-bond acceptors (Lipinski definition) is 10. The molecule has 0 fully saturated rings. The SMILES string of the molecule is CCN(c1nnc(-c2cccc(OC)n2)n1-c1c(OC)cccc1OC)S(=O)(=O)[C@H](C)[C@H](O)c1ccccc1OC. The predicted octanol–water partition coefficient (Wildman–Crippen LogP) is 3.64. The van der Waals surface area contributed by atoms with Crippen LogP contribution in [0.2, 0.25) is 0 Å². The van der Waals surface area contributed by atoms with Gasteiger partial charge in [0, 0.05) is 18.2 Å². The minimum atomic E-state index is -4.25. The Hall–Kier alpha value is -4.36. The van der Waals surface area contributed by atoms with Gasteiger partial charge in [-0.15, -0.1) is 10.2 Å². The normalized spacial score (nSPS) is 12.9. The molecule has 13 heteroatoms. The van der Waals surface area contributed by atoms with Gasteiger partial charge in [0.25, 0.3) is 0 Å².